The lowest BCUT2D eigenvalue weighted by atomic mass is 10.2. The van der Waals surface area contributed by atoms with Gasteiger partial charge in [-0.3, -0.25) is 0 Å². The summed E-state index contributed by atoms with van der Waals surface area (Å²) in [7, 11) is -3.76. The molecule has 7 heteroatoms. The number of carboxylic acids is 1. The topological polar surface area (TPSA) is 96.6 Å². The molecule has 1 unspecified atom stereocenters. The monoisotopic (exact) mass is 259 g/mol. The number of furan rings is 1. The zero-order chi connectivity index (χ0) is 12.6. The van der Waals surface area contributed by atoms with E-state index in [9.17, 15) is 13.2 Å². The van der Waals surface area contributed by atoms with Crippen molar-refractivity contribution in [2.45, 2.75) is 30.9 Å². The minimum atomic E-state index is -3.76. The number of carboxylic acid groups (broad SMARTS) is 1. The standard InChI is InChI=1S/C10H13NO5S/c1-6(7-2-3-7)11-17(14,15)9-5-4-8(16-9)10(12)13/h4-7,11H,2-3H2,1H3,(H,12,13). The van der Waals surface area contributed by atoms with Crippen LogP contribution in [0.25, 0.3) is 0 Å². The molecule has 1 aliphatic carbocycles. The molecule has 0 aromatic carbocycles. The van der Waals surface area contributed by atoms with Crippen LogP contribution in [0.2, 0.25) is 0 Å². The van der Waals surface area contributed by atoms with E-state index in [1.54, 1.807) is 6.92 Å². The van der Waals surface area contributed by atoms with Crippen LogP contribution >= 0.6 is 0 Å². The molecule has 1 aromatic heterocycles. The van der Waals surface area contributed by atoms with Crippen molar-refractivity contribution in [3.8, 4) is 0 Å². The summed E-state index contributed by atoms with van der Waals surface area (Å²) in [6.07, 6.45) is 2.03. The Kier molecular flexibility index (Phi) is 2.96. The molecule has 1 heterocycles. The third kappa shape index (κ3) is 2.67. The molecule has 1 saturated carbocycles. The Balaban J connectivity index is 2.15. The molecule has 0 saturated heterocycles. The Morgan fingerprint density at radius 3 is 2.65 bits per heavy atom. The van der Waals surface area contributed by atoms with Gasteiger partial charge in [0.25, 0.3) is 10.0 Å². The van der Waals surface area contributed by atoms with Gasteiger partial charge in [-0.25, -0.2) is 17.9 Å². The predicted octanol–water partition coefficient (Wildman–Crippen LogP) is 1.05. The molecule has 1 fully saturated rings. The van der Waals surface area contributed by atoms with Crippen LogP contribution in [0.4, 0.5) is 0 Å². The third-order valence-corrected chi connectivity index (χ3v) is 4.16. The van der Waals surface area contributed by atoms with Gasteiger partial charge in [-0.2, -0.15) is 0 Å². The van der Waals surface area contributed by atoms with Gasteiger partial charge in [0.1, 0.15) is 0 Å². The largest absolute Gasteiger partial charge is 0.475 e. The van der Waals surface area contributed by atoms with Gasteiger partial charge in [-0.05, 0) is 37.8 Å². The van der Waals surface area contributed by atoms with Crippen molar-refractivity contribution in [3.05, 3.63) is 17.9 Å². The van der Waals surface area contributed by atoms with E-state index in [1.807, 2.05) is 0 Å². The van der Waals surface area contributed by atoms with Crippen molar-refractivity contribution in [3.63, 3.8) is 0 Å². The summed E-state index contributed by atoms with van der Waals surface area (Å²) in [5.41, 5.74) is 0. The smallest absolute Gasteiger partial charge is 0.371 e. The van der Waals surface area contributed by atoms with Crippen LogP contribution in [0, 0.1) is 5.92 Å². The van der Waals surface area contributed by atoms with Gasteiger partial charge in [0.05, 0.1) is 0 Å². The molecule has 0 amide bonds. The second kappa shape index (κ2) is 4.15. The highest BCUT2D eigenvalue weighted by atomic mass is 32.2. The molecule has 0 bridgehead atoms. The summed E-state index contributed by atoms with van der Waals surface area (Å²) in [4.78, 5) is 10.6. The number of rotatable bonds is 5. The molecule has 1 aromatic rings. The van der Waals surface area contributed by atoms with Gasteiger partial charge in [-0.1, -0.05) is 0 Å². The second-order valence-electron chi connectivity index (χ2n) is 4.17. The number of hydrogen-bond acceptors (Lipinski definition) is 4. The first kappa shape index (κ1) is 12.1. The number of carbonyl (C=O) groups is 1. The molecule has 6 nitrogen and oxygen atoms in total. The Morgan fingerprint density at radius 1 is 1.53 bits per heavy atom. The lowest BCUT2D eigenvalue weighted by Crippen LogP contribution is -2.33. The third-order valence-electron chi connectivity index (χ3n) is 2.73. The Morgan fingerprint density at radius 2 is 2.18 bits per heavy atom. The second-order valence-corrected chi connectivity index (χ2v) is 5.82. The molecule has 94 valence electrons. The summed E-state index contributed by atoms with van der Waals surface area (Å²) in [6.45, 7) is 1.79. The lowest BCUT2D eigenvalue weighted by Gasteiger charge is -2.11. The Hall–Kier alpha value is -1.34. The SMILES string of the molecule is CC(NS(=O)(=O)c1ccc(C(=O)O)o1)C1CC1. The minimum absolute atomic E-state index is 0.154. The van der Waals surface area contributed by atoms with Crippen molar-refractivity contribution in [1.82, 2.24) is 4.72 Å². The van der Waals surface area contributed by atoms with Gasteiger partial charge < -0.3 is 9.52 Å². The maximum atomic E-state index is 11.8. The molecule has 1 atom stereocenters. The number of hydrogen-bond donors (Lipinski definition) is 2. The van der Waals surface area contributed by atoms with Crippen LogP contribution in [0.5, 0.6) is 0 Å². The zero-order valence-corrected chi connectivity index (χ0v) is 10.0. The first-order chi connectivity index (χ1) is 7.90. The van der Waals surface area contributed by atoms with Gasteiger partial charge in [-0.15, -0.1) is 0 Å². The first-order valence-electron chi connectivity index (χ1n) is 5.25. The highest BCUT2D eigenvalue weighted by Gasteiger charge is 2.32. The van der Waals surface area contributed by atoms with E-state index in [2.05, 4.69) is 4.72 Å². The number of aromatic carboxylic acids is 1. The summed E-state index contributed by atoms with van der Waals surface area (Å²) in [6, 6.07) is 2.11. The van der Waals surface area contributed by atoms with Crippen LogP contribution in [0.1, 0.15) is 30.3 Å². The fourth-order valence-corrected chi connectivity index (χ4v) is 2.82. The maximum absolute atomic E-state index is 11.8. The average Bonchev–Trinajstić information content (AvgIpc) is 2.93. The van der Waals surface area contributed by atoms with E-state index in [4.69, 9.17) is 9.52 Å². The maximum Gasteiger partial charge on any atom is 0.371 e. The van der Waals surface area contributed by atoms with Crippen LogP contribution in [-0.2, 0) is 10.0 Å². The van der Waals surface area contributed by atoms with E-state index in [0.717, 1.165) is 25.0 Å². The van der Waals surface area contributed by atoms with Crippen molar-refractivity contribution >= 4 is 16.0 Å². The molecule has 2 rings (SSSR count). The Bertz CT molecular complexity index is 529. The molecular weight excluding hydrogens is 246 g/mol. The van der Waals surface area contributed by atoms with Crippen molar-refractivity contribution in [1.29, 1.82) is 0 Å². The summed E-state index contributed by atoms with van der Waals surface area (Å²) >= 11 is 0. The normalized spacial score (nSPS) is 17.9. The number of sulfonamides is 1. The van der Waals surface area contributed by atoms with E-state index in [0.29, 0.717) is 5.92 Å². The van der Waals surface area contributed by atoms with Crippen LogP contribution in [0.3, 0.4) is 0 Å². The van der Waals surface area contributed by atoms with Crippen LogP contribution in [0.15, 0.2) is 21.6 Å². The molecule has 0 spiro atoms. The van der Waals surface area contributed by atoms with E-state index in [-0.39, 0.29) is 16.9 Å². The van der Waals surface area contributed by atoms with E-state index < -0.39 is 16.0 Å². The summed E-state index contributed by atoms with van der Waals surface area (Å²) in [5, 5.41) is 8.28. The summed E-state index contributed by atoms with van der Waals surface area (Å²) in [5.74, 6) is -1.30. The predicted molar refractivity (Wildman–Crippen MR) is 58.2 cm³/mol. The van der Waals surface area contributed by atoms with Crippen molar-refractivity contribution in [2.75, 3.05) is 0 Å². The first-order valence-corrected chi connectivity index (χ1v) is 6.74. The molecular formula is C10H13NO5S. The molecule has 0 aliphatic heterocycles. The average molecular weight is 259 g/mol. The number of nitrogens with one attached hydrogen (secondary N) is 1. The van der Waals surface area contributed by atoms with Crippen LogP contribution < -0.4 is 4.72 Å². The van der Waals surface area contributed by atoms with Gasteiger partial charge in [0.2, 0.25) is 10.9 Å². The fourth-order valence-electron chi connectivity index (χ4n) is 1.57. The highest BCUT2D eigenvalue weighted by Crippen LogP contribution is 2.33. The minimum Gasteiger partial charge on any atom is -0.475 e. The highest BCUT2D eigenvalue weighted by molar-refractivity contribution is 7.89. The zero-order valence-electron chi connectivity index (χ0n) is 9.21. The van der Waals surface area contributed by atoms with Crippen molar-refractivity contribution < 1.29 is 22.7 Å². The fraction of sp³-hybridized carbons (Fsp3) is 0.500. The molecule has 1 aliphatic rings. The van der Waals surface area contributed by atoms with E-state index >= 15 is 0 Å². The Labute approximate surface area is 98.7 Å². The van der Waals surface area contributed by atoms with Gasteiger partial charge in [0, 0.05) is 6.04 Å². The molecule has 0 radical (unpaired) electrons. The van der Waals surface area contributed by atoms with Gasteiger partial charge >= 0.3 is 5.97 Å². The van der Waals surface area contributed by atoms with Crippen LogP contribution in [-0.4, -0.2) is 25.5 Å². The van der Waals surface area contributed by atoms with Crippen molar-refractivity contribution in [2.24, 2.45) is 5.92 Å². The lowest BCUT2D eigenvalue weighted by molar-refractivity contribution is 0.0656. The molecule has 17 heavy (non-hydrogen) atoms. The van der Waals surface area contributed by atoms with E-state index in [1.165, 1.54) is 0 Å². The summed E-state index contributed by atoms with van der Waals surface area (Å²) < 4.78 is 30.9. The van der Waals surface area contributed by atoms with Gasteiger partial charge in [0.15, 0.2) is 0 Å². The molecule has 2 N–H and O–H groups in total. The quantitative estimate of drug-likeness (QED) is 0.824.